The topological polar surface area (TPSA) is 57.6 Å². The van der Waals surface area contributed by atoms with Crippen LogP contribution in [0, 0.1) is 10.8 Å². The predicted octanol–water partition coefficient (Wildman–Crippen LogP) is 0.329. The highest BCUT2D eigenvalue weighted by molar-refractivity contribution is 5.84. The molecule has 1 aliphatic carbocycles. The van der Waals surface area contributed by atoms with E-state index < -0.39 is 11.4 Å². The first-order valence-corrected chi connectivity index (χ1v) is 4.40. The van der Waals surface area contributed by atoms with Crippen LogP contribution in [0.5, 0.6) is 0 Å². The van der Waals surface area contributed by atoms with Gasteiger partial charge in [0.15, 0.2) is 0 Å². The van der Waals surface area contributed by atoms with Crippen LogP contribution in [0.4, 0.5) is 0 Å². The number of carboxylic acid groups (broad SMARTS) is 1. The Morgan fingerprint density at radius 2 is 2.00 bits per heavy atom. The number of amides is 1. The van der Waals surface area contributed by atoms with Gasteiger partial charge in [0.1, 0.15) is 0 Å². The third-order valence-electron chi connectivity index (χ3n) is 3.58. The third-order valence-corrected chi connectivity index (χ3v) is 3.58. The molecule has 1 aliphatic heterocycles. The van der Waals surface area contributed by atoms with E-state index >= 15 is 0 Å². The number of aliphatic carboxylic acids is 1. The molecular weight excluding hydrogens is 170 g/mol. The van der Waals surface area contributed by atoms with Gasteiger partial charge in [-0.25, -0.2) is 0 Å². The van der Waals surface area contributed by atoms with Crippen molar-refractivity contribution in [2.24, 2.45) is 10.8 Å². The minimum atomic E-state index is -0.751. The minimum Gasteiger partial charge on any atom is -0.481 e. The molecule has 1 amide bonds. The second-order valence-electron chi connectivity index (χ2n) is 4.50. The zero-order valence-corrected chi connectivity index (χ0v) is 7.83. The number of fused-ring (bicyclic) bond motifs is 1. The molecule has 2 aliphatic rings. The van der Waals surface area contributed by atoms with E-state index in [0.717, 1.165) is 6.42 Å². The number of hydrogen-bond donors (Lipinski definition) is 1. The summed E-state index contributed by atoms with van der Waals surface area (Å²) in [7, 11) is 0. The molecule has 1 saturated heterocycles. The van der Waals surface area contributed by atoms with Crippen molar-refractivity contribution in [2.75, 3.05) is 13.1 Å². The largest absolute Gasteiger partial charge is 0.481 e. The molecule has 4 nitrogen and oxygen atoms in total. The standard InChI is InChI=1S/C9H13NO3/c1-6(11)10-4-8(2)3-9(8,5-10)7(12)13/h3-5H2,1-2H3,(H,12,13)/t8-,9+/m1/s1. The fourth-order valence-corrected chi connectivity index (χ4v) is 2.50. The molecule has 0 spiro atoms. The first kappa shape index (κ1) is 8.53. The van der Waals surface area contributed by atoms with Gasteiger partial charge >= 0.3 is 5.97 Å². The minimum absolute atomic E-state index is 0.0194. The lowest BCUT2D eigenvalue weighted by molar-refractivity contribution is -0.144. The van der Waals surface area contributed by atoms with Crippen molar-refractivity contribution in [1.82, 2.24) is 4.90 Å². The zero-order chi connectivity index (χ0) is 9.85. The maximum Gasteiger partial charge on any atom is 0.312 e. The van der Waals surface area contributed by atoms with Crippen molar-refractivity contribution >= 4 is 11.9 Å². The van der Waals surface area contributed by atoms with Gasteiger partial charge in [0.05, 0.1) is 5.41 Å². The molecule has 2 fully saturated rings. The second kappa shape index (κ2) is 2.05. The number of carbonyl (C=O) groups excluding carboxylic acids is 1. The smallest absolute Gasteiger partial charge is 0.312 e. The number of likely N-dealkylation sites (tertiary alicyclic amines) is 1. The van der Waals surface area contributed by atoms with E-state index in [1.54, 1.807) is 4.90 Å². The van der Waals surface area contributed by atoms with E-state index in [1.807, 2.05) is 6.92 Å². The van der Waals surface area contributed by atoms with E-state index in [0.29, 0.717) is 13.1 Å². The van der Waals surface area contributed by atoms with E-state index in [-0.39, 0.29) is 11.3 Å². The van der Waals surface area contributed by atoms with Crippen molar-refractivity contribution in [3.05, 3.63) is 0 Å². The first-order valence-electron chi connectivity index (χ1n) is 4.40. The molecule has 4 heteroatoms. The summed E-state index contributed by atoms with van der Waals surface area (Å²) in [5.74, 6) is -0.771. The van der Waals surface area contributed by atoms with Crippen LogP contribution in [0.15, 0.2) is 0 Å². The zero-order valence-electron chi connectivity index (χ0n) is 7.83. The molecule has 2 rings (SSSR count). The van der Waals surface area contributed by atoms with Crippen LogP contribution >= 0.6 is 0 Å². The molecule has 13 heavy (non-hydrogen) atoms. The molecule has 72 valence electrons. The summed E-state index contributed by atoms with van der Waals surface area (Å²) in [6.45, 7) is 4.44. The average molecular weight is 183 g/mol. The Labute approximate surface area is 76.5 Å². The highest BCUT2D eigenvalue weighted by Crippen LogP contribution is 2.68. The van der Waals surface area contributed by atoms with Crippen LogP contribution in [0.1, 0.15) is 20.3 Å². The lowest BCUT2D eigenvalue weighted by atomic mass is 9.99. The summed E-state index contributed by atoms with van der Waals surface area (Å²) in [5.41, 5.74) is -0.789. The summed E-state index contributed by atoms with van der Waals surface area (Å²) >= 11 is 0. The molecular formula is C9H13NO3. The van der Waals surface area contributed by atoms with Gasteiger partial charge < -0.3 is 10.0 Å². The molecule has 0 unspecified atom stereocenters. The second-order valence-corrected chi connectivity index (χ2v) is 4.50. The first-order chi connectivity index (χ1) is 5.91. The van der Waals surface area contributed by atoms with Crippen molar-refractivity contribution in [3.8, 4) is 0 Å². The molecule has 1 heterocycles. The summed E-state index contributed by atoms with van der Waals surface area (Å²) in [4.78, 5) is 23.7. The monoisotopic (exact) mass is 183 g/mol. The third kappa shape index (κ3) is 0.857. The normalized spacial score (nSPS) is 41.5. The number of piperidine rings is 1. The summed E-state index contributed by atoms with van der Waals surface area (Å²) in [6, 6.07) is 0. The van der Waals surface area contributed by atoms with Crippen LogP contribution < -0.4 is 0 Å². The maximum atomic E-state index is 11.1. The van der Waals surface area contributed by atoms with Crippen LogP contribution in [0.2, 0.25) is 0 Å². The van der Waals surface area contributed by atoms with Crippen LogP contribution in [-0.4, -0.2) is 35.0 Å². The predicted molar refractivity (Wildman–Crippen MR) is 45.0 cm³/mol. The van der Waals surface area contributed by atoms with Crippen molar-refractivity contribution in [1.29, 1.82) is 0 Å². The van der Waals surface area contributed by atoms with Gasteiger partial charge in [-0.1, -0.05) is 6.92 Å². The molecule has 2 atom stereocenters. The number of rotatable bonds is 1. The quantitative estimate of drug-likeness (QED) is 0.637. The van der Waals surface area contributed by atoms with Gasteiger partial charge in [0.2, 0.25) is 5.91 Å². The maximum absolute atomic E-state index is 11.1. The van der Waals surface area contributed by atoms with E-state index in [1.165, 1.54) is 6.92 Å². The lowest BCUT2D eigenvalue weighted by Crippen LogP contribution is -2.32. The van der Waals surface area contributed by atoms with Gasteiger partial charge in [0, 0.05) is 25.4 Å². The van der Waals surface area contributed by atoms with Crippen molar-refractivity contribution in [2.45, 2.75) is 20.3 Å². The van der Waals surface area contributed by atoms with Crippen LogP contribution in [0.25, 0.3) is 0 Å². The summed E-state index contributed by atoms with van der Waals surface area (Å²) in [6.07, 6.45) is 0.721. The van der Waals surface area contributed by atoms with Crippen LogP contribution in [-0.2, 0) is 9.59 Å². The Kier molecular flexibility index (Phi) is 1.35. The van der Waals surface area contributed by atoms with Gasteiger partial charge in [-0.05, 0) is 6.42 Å². The Morgan fingerprint density at radius 3 is 2.31 bits per heavy atom. The number of carboxylic acids is 1. The van der Waals surface area contributed by atoms with Gasteiger partial charge in [0.25, 0.3) is 0 Å². The number of hydrogen-bond acceptors (Lipinski definition) is 2. The Morgan fingerprint density at radius 1 is 1.38 bits per heavy atom. The number of carbonyl (C=O) groups is 2. The molecule has 0 radical (unpaired) electrons. The SMILES string of the molecule is CC(=O)N1C[C@@]2(C)C[C@@]2(C(=O)O)C1. The van der Waals surface area contributed by atoms with Crippen LogP contribution in [0.3, 0.4) is 0 Å². The molecule has 0 aromatic rings. The molecule has 0 aromatic heterocycles. The van der Waals surface area contributed by atoms with Gasteiger partial charge in [-0.2, -0.15) is 0 Å². The van der Waals surface area contributed by atoms with Gasteiger partial charge in [-0.15, -0.1) is 0 Å². The fourth-order valence-electron chi connectivity index (χ4n) is 2.50. The van der Waals surface area contributed by atoms with Gasteiger partial charge in [-0.3, -0.25) is 9.59 Å². The summed E-state index contributed by atoms with van der Waals surface area (Å²) in [5, 5.41) is 9.04. The Hall–Kier alpha value is -1.06. The number of nitrogens with zero attached hydrogens (tertiary/aromatic N) is 1. The van der Waals surface area contributed by atoms with E-state index in [4.69, 9.17) is 5.11 Å². The highest BCUT2D eigenvalue weighted by atomic mass is 16.4. The lowest BCUT2D eigenvalue weighted by Gasteiger charge is -2.17. The molecule has 0 bridgehead atoms. The summed E-state index contributed by atoms with van der Waals surface area (Å²) < 4.78 is 0. The molecule has 0 aromatic carbocycles. The Bertz CT molecular complexity index is 301. The fraction of sp³-hybridized carbons (Fsp3) is 0.778. The van der Waals surface area contributed by atoms with E-state index in [2.05, 4.69) is 0 Å². The molecule has 1 N–H and O–H groups in total. The Balaban J connectivity index is 2.21. The van der Waals surface area contributed by atoms with E-state index in [9.17, 15) is 9.59 Å². The van der Waals surface area contributed by atoms with Crippen molar-refractivity contribution < 1.29 is 14.7 Å². The molecule has 1 saturated carbocycles. The highest BCUT2D eigenvalue weighted by Gasteiger charge is 2.74. The van der Waals surface area contributed by atoms with Crippen molar-refractivity contribution in [3.63, 3.8) is 0 Å². The average Bonchev–Trinajstić information content (AvgIpc) is 2.46.